The molecule has 0 aromatic heterocycles. The van der Waals surface area contributed by atoms with Crippen molar-refractivity contribution in [2.45, 2.75) is 43.3 Å². The molecule has 2 heterocycles. The van der Waals surface area contributed by atoms with E-state index in [2.05, 4.69) is 10.6 Å². The third-order valence-corrected chi connectivity index (χ3v) is 4.33. The molecular formula is C10H18BN3. The van der Waals surface area contributed by atoms with E-state index in [0.717, 1.165) is 13.0 Å². The normalized spacial score (nSPS) is 56.9. The van der Waals surface area contributed by atoms with Crippen LogP contribution in [0.3, 0.4) is 0 Å². The highest BCUT2D eigenvalue weighted by molar-refractivity contribution is 6.12. The lowest BCUT2D eigenvalue weighted by Crippen LogP contribution is -2.51. The highest BCUT2D eigenvalue weighted by atomic mass is 15.2. The van der Waals surface area contributed by atoms with Crippen molar-refractivity contribution in [1.82, 2.24) is 10.6 Å². The molecule has 0 aromatic carbocycles. The molecule has 1 saturated carbocycles. The van der Waals surface area contributed by atoms with Gasteiger partial charge in [-0.3, -0.25) is 5.32 Å². The maximum Gasteiger partial charge on any atom is 0.0708 e. The summed E-state index contributed by atoms with van der Waals surface area (Å²) in [4.78, 5) is 0. The minimum atomic E-state index is 0.167. The zero-order valence-electron chi connectivity index (χ0n) is 8.45. The highest BCUT2D eigenvalue weighted by Crippen LogP contribution is 2.48. The Morgan fingerprint density at radius 1 is 1.21 bits per heavy atom. The molecule has 6 unspecified atom stereocenters. The van der Waals surface area contributed by atoms with Crippen LogP contribution < -0.4 is 16.4 Å². The Labute approximate surface area is 86.6 Å². The van der Waals surface area contributed by atoms with Gasteiger partial charge in [-0.1, -0.05) is 5.82 Å². The summed E-state index contributed by atoms with van der Waals surface area (Å²) in [5.74, 6) is 1.64. The smallest absolute Gasteiger partial charge is 0.0708 e. The molecule has 2 radical (unpaired) electrons. The minimum Gasteiger partial charge on any atom is -0.316 e. The molecule has 3 rings (SSSR count). The molecule has 3 aliphatic rings. The largest absolute Gasteiger partial charge is 0.316 e. The van der Waals surface area contributed by atoms with Crippen LogP contribution in [0, 0.1) is 11.8 Å². The number of rotatable bonds is 0. The predicted molar refractivity (Wildman–Crippen MR) is 57.0 cm³/mol. The quantitative estimate of drug-likeness (QED) is 0.456. The summed E-state index contributed by atoms with van der Waals surface area (Å²) in [6, 6.07) is 1.11. The van der Waals surface area contributed by atoms with Crippen LogP contribution in [0.5, 0.6) is 0 Å². The van der Waals surface area contributed by atoms with Crippen molar-refractivity contribution < 1.29 is 0 Å². The second-order valence-electron chi connectivity index (χ2n) is 5.06. The molecular weight excluding hydrogens is 173 g/mol. The Morgan fingerprint density at radius 2 is 2.07 bits per heavy atom. The zero-order chi connectivity index (χ0) is 9.71. The van der Waals surface area contributed by atoms with Gasteiger partial charge >= 0.3 is 0 Å². The molecule has 2 aliphatic heterocycles. The Hall–Kier alpha value is -0.0551. The van der Waals surface area contributed by atoms with Crippen LogP contribution in [0.25, 0.3) is 0 Å². The van der Waals surface area contributed by atoms with E-state index in [-0.39, 0.29) is 6.17 Å². The van der Waals surface area contributed by atoms with E-state index in [9.17, 15) is 0 Å². The SMILES string of the molecule is [B]C1C2CCCNC2C2NC(N)CC12. The zero-order valence-corrected chi connectivity index (χ0v) is 8.45. The lowest BCUT2D eigenvalue weighted by molar-refractivity contribution is 0.283. The molecule has 14 heavy (non-hydrogen) atoms. The Kier molecular flexibility index (Phi) is 2.11. The fourth-order valence-electron chi connectivity index (χ4n) is 3.73. The number of nitrogens with one attached hydrogen (secondary N) is 2. The van der Waals surface area contributed by atoms with Gasteiger partial charge in [0.25, 0.3) is 0 Å². The van der Waals surface area contributed by atoms with Crippen LogP contribution in [0.2, 0.25) is 5.82 Å². The third kappa shape index (κ3) is 1.17. The lowest BCUT2D eigenvalue weighted by Gasteiger charge is -2.32. The molecule has 6 atom stereocenters. The summed E-state index contributed by atoms with van der Waals surface area (Å²) in [5.41, 5.74) is 5.91. The van der Waals surface area contributed by atoms with Gasteiger partial charge < -0.3 is 11.1 Å². The van der Waals surface area contributed by atoms with E-state index in [4.69, 9.17) is 13.6 Å². The first kappa shape index (κ1) is 9.19. The number of hydrogen-bond donors (Lipinski definition) is 3. The number of nitrogens with two attached hydrogens (primary N) is 1. The maximum atomic E-state index is 6.30. The molecule has 4 heteroatoms. The fourth-order valence-corrected chi connectivity index (χ4v) is 3.73. The second-order valence-corrected chi connectivity index (χ2v) is 5.06. The van der Waals surface area contributed by atoms with E-state index in [1.807, 2.05) is 0 Å². The molecule has 76 valence electrons. The third-order valence-electron chi connectivity index (χ3n) is 4.33. The topological polar surface area (TPSA) is 50.1 Å². The van der Waals surface area contributed by atoms with Crippen molar-refractivity contribution in [3.63, 3.8) is 0 Å². The van der Waals surface area contributed by atoms with E-state index >= 15 is 0 Å². The Balaban J connectivity index is 1.83. The molecule has 0 bridgehead atoms. The molecule has 1 aliphatic carbocycles. The van der Waals surface area contributed by atoms with E-state index < -0.39 is 0 Å². The van der Waals surface area contributed by atoms with Crippen LogP contribution in [-0.2, 0) is 0 Å². The predicted octanol–water partition coefficient (Wildman–Crippen LogP) is -0.412. The molecule has 4 N–H and O–H groups in total. The van der Waals surface area contributed by atoms with Crippen molar-refractivity contribution in [1.29, 1.82) is 0 Å². The summed E-state index contributed by atoms with van der Waals surface area (Å²) in [6.45, 7) is 1.15. The Morgan fingerprint density at radius 3 is 2.93 bits per heavy atom. The van der Waals surface area contributed by atoms with E-state index in [1.54, 1.807) is 0 Å². The molecule has 0 aromatic rings. The van der Waals surface area contributed by atoms with Crippen molar-refractivity contribution in [2.75, 3.05) is 6.54 Å². The van der Waals surface area contributed by atoms with Crippen LogP contribution in [-0.4, -0.2) is 32.6 Å². The van der Waals surface area contributed by atoms with Gasteiger partial charge in [0.1, 0.15) is 0 Å². The molecule has 3 fully saturated rings. The first-order valence-electron chi connectivity index (χ1n) is 5.78. The number of fused-ring (bicyclic) bond motifs is 3. The summed E-state index contributed by atoms with van der Waals surface area (Å²) >= 11 is 0. The van der Waals surface area contributed by atoms with Crippen molar-refractivity contribution >= 4 is 7.85 Å². The van der Waals surface area contributed by atoms with Gasteiger partial charge in [0, 0.05) is 12.1 Å². The monoisotopic (exact) mass is 191 g/mol. The van der Waals surface area contributed by atoms with Gasteiger partial charge in [-0.15, -0.1) is 0 Å². The molecule has 0 spiro atoms. The fraction of sp³-hybridized carbons (Fsp3) is 1.00. The van der Waals surface area contributed by atoms with E-state index in [1.165, 1.54) is 12.8 Å². The first-order chi connectivity index (χ1) is 6.77. The maximum absolute atomic E-state index is 6.30. The van der Waals surface area contributed by atoms with Gasteiger partial charge in [-0.2, -0.15) is 0 Å². The summed E-state index contributed by atoms with van der Waals surface area (Å²) in [6.07, 6.45) is 3.80. The van der Waals surface area contributed by atoms with Gasteiger partial charge in [-0.05, 0) is 37.6 Å². The lowest BCUT2D eigenvalue weighted by atomic mass is 9.70. The van der Waals surface area contributed by atoms with Crippen LogP contribution >= 0.6 is 0 Å². The van der Waals surface area contributed by atoms with E-state index in [0.29, 0.717) is 29.7 Å². The standard InChI is InChI=1S/C10H18BN3/c11-8-5-2-1-3-13-9(5)10-6(8)4-7(12)14-10/h5-10,13-14H,1-4,12H2. The van der Waals surface area contributed by atoms with Gasteiger partial charge in [-0.25, -0.2) is 0 Å². The van der Waals surface area contributed by atoms with Crippen molar-refractivity contribution in [3.05, 3.63) is 0 Å². The molecule has 3 nitrogen and oxygen atoms in total. The summed E-state index contributed by atoms with van der Waals surface area (Å²) in [5, 5.41) is 7.09. The van der Waals surface area contributed by atoms with Gasteiger partial charge in [0.15, 0.2) is 0 Å². The average Bonchev–Trinajstić information content (AvgIpc) is 2.68. The summed E-state index contributed by atoms with van der Waals surface area (Å²) < 4.78 is 0. The van der Waals surface area contributed by atoms with Gasteiger partial charge in [0.05, 0.1) is 14.0 Å². The van der Waals surface area contributed by atoms with Crippen LogP contribution in [0.4, 0.5) is 0 Å². The molecule has 0 amide bonds. The molecule has 2 saturated heterocycles. The Bertz CT molecular complexity index is 235. The average molecular weight is 191 g/mol. The first-order valence-corrected chi connectivity index (χ1v) is 5.78. The highest BCUT2D eigenvalue weighted by Gasteiger charge is 2.51. The van der Waals surface area contributed by atoms with Gasteiger partial charge in [0.2, 0.25) is 0 Å². The minimum absolute atomic E-state index is 0.167. The second kappa shape index (κ2) is 3.22. The van der Waals surface area contributed by atoms with Crippen molar-refractivity contribution in [3.8, 4) is 0 Å². The van der Waals surface area contributed by atoms with Crippen LogP contribution in [0.1, 0.15) is 19.3 Å². The number of piperidine rings is 1. The summed E-state index contributed by atoms with van der Waals surface area (Å²) in [7, 11) is 6.30. The van der Waals surface area contributed by atoms with Crippen LogP contribution in [0.15, 0.2) is 0 Å². The number of hydrogen-bond acceptors (Lipinski definition) is 3. The van der Waals surface area contributed by atoms with Crippen molar-refractivity contribution in [2.24, 2.45) is 17.6 Å².